The molecule has 2 rings (SSSR count). The first kappa shape index (κ1) is 15.0. The molecule has 0 radical (unpaired) electrons. The molecular formula is C16H20N2OS. The molecule has 1 fully saturated rings. The maximum Gasteiger partial charge on any atom is 0.251 e. The molecule has 0 bridgehead atoms. The molecule has 3 N–H and O–H groups in total. The molecule has 0 aliphatic heterocycles. The van der Waals surface area contributed by atoms with Crippen LogP contribution in [0.5, 0.6) is 0 Å². The normalized spacial score (nSPS) is 21.1. The zero-order chi connectivity index (χ0) is 14.4. The molecule has 3 nitrogen and oxygen atoms in total. The smallest absolute Gasteiger partial charge is 0.251 e. The van der Waals surface area contributed by atoms with Crippen LogP contribution in [0.15, 0.2) is 24.3 Å². The maximum atomic E-state index is 12.2. The summed E-state index contributed by atoms with van der Waals surface area (Å²) < 4.78 is 0. The van der Waals surface area contributed by atoms with E-state index in [1.807, 2.05) is 36.0 Å². The lowest BCUT2D eigenvalue weighted by molar-refractivity contribution is 0.0938. The van der Waals surface area contributed by atoms with E-state index in [0.717, 1.165) is 18.4 Å². The number of benzene rings is 1. The average molecular weight is 288 g/mol. The van der Waals surface area contributed by atoms with Crippen LogP contribution in [0.1, 0.15) is 35.2 Å². The Labute approximate surface area is 124 Å². The Morgan fingerprint density at radius 1 is 1.50 bits per heavy atom. The van der Waals surface area contributed by atoms with Gasteiger partial charge in [0.2, 0.25) is 0 Å². The number of hydrogen-bond acceptors (Lipinski definition) is 3. The highest BCUT2D eigenvalue weighted by Crippen LogP contribution is 2.28. The van der Waals surface area contributed by atoms with Gasteiger partial charge in [-0.2, -0.15) is 11.8 Å². The van der Waals surface area contributed by atoms with E-state index < -0.39 is 0 Å². The Kier molecular flexibility index (Phi) is 5.51. The Hall–Kier alpha value is -1.44. The molecule has 1 amide bonds. The first-order valence-electron chi connectivity index (χ1n) is 6.85. The molecule has 1 aromatic carbocycles. The van der Waals surface area contributed by atoms with Crippen molar-refractivity contribution in [3.05, 3.63) is 35.4 Å². The van der Waals surface area contributed by atoms with Gasteiger partial charge >= 0.3 is 0 Å². The van der Waals surface area contributed by atoms with Gasteiger partial charge in [-0.05, 0) is 43.7 Å². The van der Waals surface area contributed by atoms with Gasteiger partial charge in [0, 0.05) is 22.4 Å². The highest BCUT2D eigenvalue weighted by Gasteiger charge is 2.25. The van der Waals surface area contributed by atoms with Gasteiger partial charge in [-0.25, -0.2) is 0 Å². The van der Waals surface area contributed by atoms with Gasteiger partial charge < -0.3 is 11.1 Å². The molecule has 20 heavy (non-hydrogen) atoms. The second-order valence-electron chi connectivity index (χ2n) is 4.93. The molecule has 106 valence electrons. The summed E-state index contributed by atoms with van der Waals surface area (Å²) in [6, 6.07) is 7.69. The minimum absolute atomic E-state index is 0.00634. The number of carbonyl (C=O) groups is 1. The Bertz CT molecular complexity index is 533. The van der Waals surface area contributed by atoms with Crippen molar-refractivity contribution in [2.24, 2.45) is 5.73 Å². The lowest BCUT2D eigenvalue weighted by atomic mass is 10.1. The molecule has 4 heteroatoms. The van der Waals surface area contributed by atoms with E-state index >= 15 is 0 Å². The number of nitrogens with one attached hydrogen (secondary N) is 1. The largest absolute Gasteiger partial charge is 0.349 e. The van der Waals surface area contributed by atoms with Crippen LogP contribution in [0.25, 0.3) is 0 Å². The third-order valence-electron chi connectivity index (χ3n) is 3.51. The minimum Gasteiger partial charge on any atom is -0.349 e. The summed E-state index contributed by atoms with van der Waals surface area (Å²) in [6.45, 7) is 0.328. The van der Waals surface area contributed by atoms with Crippen molar-refractivity contribution < 1.29 is 4.79 Å². The van der Waals surface area contributed by atoms with Gasteiger partial charge in [-0.3, -0.25) is 4.79 Å². The van der Waals surface area contributed by atoms with Gasteiger partial charge in [0.1, 0.15) is 0 Å². The summed E-state index contributed by atoms with van der Waals surface area (Å²) in [5, 5.41) is 3.80. The van der Waals surface area contributed by atoms with E-state index in [0.29, 0.717) is 23.4 Å². The van der Waals surface area contributed by atoms with Crippen LogP contribution in [-0.2, 0) is 0 Å². The summed E-state index contributed by atoms with van der Waals surface area (Å²) in [5.41, 5.74) is 6.85. The quantitative estimate of drug-likeness (QED) is 0.837. The number of hydrogen-bond donors (Lipinski definition) is 2. The maximum absolute atomic E-state index is 12.2. The molecule has 2 atom stereocenters. The topological polar surface area (TPSA) is 55.1 Å². The van der Waals surface area contributed by atoms with E-state index in [2.05, 4.69) is 23.4 Å². The van der Waals surface area contributed by atoms with E-state index in [1.54, 1.807) is 0 Å². The Morgan fingerprint density at radius 3 is 3.05 bits per heavy atom. The van der Waals surface area contributed by atoms with E-state index in [4.69, 9.17) is 5.73 Å². The fraction of sp³-hybridized carbons (Fsp3) is 0.438. The second-order valence-corrected chi connectivity index (χ2v) is 6.07. The standard InChI is InChI=1S/C16H20N2OS/c1-20-15-8-7-14(11-15)18-16(19)13-6-2-4-12(10-13)5-3-9-17/h2,4,6,10,14-15H,7-9,11,17H2,1H3,(H,18,19). The number of rotatable bonds is 3. The fourth-order valence-electron chi connectivity index (χ4n) is 2.45. The summed E-state index contributed by atoms with van der Waals surface area (Å²) in [4.78, 5) is 12.2. The summed E-state index contributed by atoms with van der Waals surface area (Å²) in [6.07, 6.45) is 5.46. The highest BCUT2D eigenvalue weighted by molar-refractivity contribution is 7.99. The molecule has 0 heterocycles. The van der Waals surface area contributed by atoms with Crippen molar-refractivity contribution in [2.75, 3.05) is 12.8 Å². The lowest BCUT2D eigenvalue weighted by Gasteiger charge is -2.13. The molecular weight excluding hydrogens is 268 g/mol. The van der Waals surface area contributed by atoms with Crippen molar-refractivity contribution in [1.82, 2.24) is 5.32 Å². The van der Waals surface area contributed by atoms with Crippen molar-refractivity contribution in [1.29, 1.82) is 0 Å². The number of carbonyl (C=O) groups excluding carboxylic acids is 1. The third-order valence-corrected chi connectivity index (χ3v) is 4.61. The first-order chi connectivity index (χ1) is 9.72. The zero-order valence-electron chi connectivity index (χ0n) is 11.7. The van der Waals surface area contributed by atoms with E-state index in [9.17, 15) is 4.79 Å². The number of nitrogens with two attached hydrogens (primary N) is 1. The lowest BCUT2D eigenvalue weighted by Crippen LogP contribution is -2.33. The van der Waals surface area contributed by atoms with Gasteiger partial charge in [0.15, 0.2) is 0 Å². The average Bonchev–Trinajstić information content (AvgIpc) is 2.93. The van der Waals surface area contributed by atoms with E-state index in [1.165, 1.54) is 6.42 Å². The monoisotopic (exact) mass is 288 g/mol. The van der Waals surface area contributed by atoms with Gasteiger partial charge in [-0.1, -0.05) is 17.9 Å². The summed E-state index contributed by atoms with van der Waals surface area (Å²) >= 11 is 1.89. The van der Waals surface area contributed by atoms with Crippen LogP contribution < -0.4 is 11.1 Å². The van der Waals surface area contributed by atoms with Crippen molar-refractivity contribution in [3.8, 4) is 11.8 Å². The van der Waals surface area contributed by atoms with Gasteiger partial charge in [0.25, 0.3) is 5.91 Å². The zero-order valence-corrected chi connectivity index (χ0v) is 12.5. The van der Waals surface area contributed by atoms with Crippen molar-refractivity contribution >= 4 is 17.7 Å². The van der Waals surface area contributed by atoms with Gasteiger partial charge in [-0.15, -0.1) is 0 Å². The predicted octanol–water partition coefficient (Wildman–Crippen LogP) is 2.01. The summed E-state index contributed by atoms with van der Waals surface area (Å²) in [7, 11) is 0. The highest BCUT2D eigenvalue weighted by atomic mass is 32.2. The van der Waals surface area contributed by atoms with Crippen LogP contribution in [-0.4, -0.2) is 30.0 Å². The van der Waals surface area contributed by atoms with Crippen LogP contribution in [0.4, 0.5) is 0 Å². The molecule has 1 aliphatic carbocycles. The van der Waals surface area contributed by atoms with Crippen molar-refractivity contribution in [2.45, 2.75) is 30.6 Å². The van der Waals surface area contributed by atoms with E-state index in [-0.39, 0.29) is 5.91 Å². The first-order valence-corrected chi connectivity index (χ1v) is 8.14. The second kappa shape index (κ2) is 7.37. The summed E-state index contributed by atoms with van der Waals surface area (Å²) in [5.74, 6) is 5.75. The Balaban J connectivity index is 1.99. The molecule has 0 spiro atoms. The molecule has 1 aliphatic rings. The SMILES string of the molecule is CSC1CCC(NC(=O)c2cccc(C#CCN)c2)C1. The molecule has 1 saturated carbocycles. The third kappa shape index (κ3) is 4.03. The fourth-order valence-corrected chi connectivity index (χ4v) is 3.24. The van der Waals surface area contributed by atoms with Gasteiger partial charge in [0.05, 0.1) is 6.54 Å². The number of thioether (sulfide) groups is 1. The van der Waals surface area contributed by atoms with Crippen LogP contribution in [0.2, 0.25) is 0 Å². The van der Waals surface area contributed by atoms with Crippen LogP contribution >= 0.6 is 11.8 Å². The van der Waals surface area contributed by atoms with Crippen LogP contribution in [0, 0.1) is 11.8 Å². The van der Waals surface area contributed by atoms with Crippen molar-refractivity contribution in [3.63, 3.8) is 0 Å². The Morgan fingerprint density at radius 2 is 2.35 bits per heavy atom. The molecule has 0 saturated heterocycles. The minimum atomic E-state index is -0.00634. The van der Waals surface area contributed by atoms with Crippen LogP contribution in [0.3, 0.4) is 0 Å². The predicted molar refractivity (Wildman–Crippen MR) is 84.8 cm³/mol. The molecule has 2 unspecified atom stereocenters. The molecule has 0 aromatic heterocycles. The molecule has 1 aromatic rings. The number of amides is 1.